The third-order valence-electron chi connectivity index (χ3n) is 5.11. The molecule has 0 bridgehead atoms. The molecule has 130 valence electrons. The van der Waals surface area contributed by atoms with Crippen LogP contribution >= 0.6 is 12.2 Å². The summed E-state index contributed by atoms with van der Waals surface area (Å²) in [6, 6.07) is 8.68. The molecule has 0 amide bonds. The van der Waals surface area contributed by atoms with Gasteiger partial charge in [-0.3, -0.25) is 0 Å². The molecule has 6 heteroatoms. The summed E-state index contributed by atoms with van der Waals surface area (Å²) in [4.78, 5) is 1.60. The molecule has 0 spiro atoms. The van der Waals surface area contributed by atoms with Gasteiger partial charge >= 0.3 is 0 Å². The second-order valence-electron chi connectivity index (χ2n) is 6.53. The van der Waals surface area contributed by atoms with E-state index in [-0.39, 0.29) is 0 Å². The van der Waals surface area contributed by atoms with Gasteiger partial charge in [0.1, 0.15) is 5.75 Å². The van der Waals surface area contributed by atoms with Gasteiger partial charge in [-0.05, 0) is 50.0 Å². The van der Waals surface area contributed by atoms with E-state index in [1.54, 1.807) is 12.0 Å². The number of hydrogen-bond donors (Lipinski definition) is 1. The summed E-state index contributed by atoms with van der Waals surface area (Å²) in [5, 5.41) is 4.83. The molecule has 0 aliphatic carbocycles. The molecule has 1 aromatic heterocycles. The minimum Gasteiger partial charge on any atom is -0.496 e. The Bertz CT molecular complexity index is 752. The van der Waals surface area contributed by atoms with Crippen molar-refractivity contribution in [3.05, 3.63) is 29.0 Å². The molecule has 5 nitrogen and oxygen atoms in total. The van der Waals surface area contributed by atoms with Crippen LogP contribution in [0.3, 0.4) is 0 Å². The molecule has 1 unspecified atom stereocenters. The fourth-order valence-electron chi connectivity index (χ4n) is 3.70. The molecule has 3 rings (SSSR count). The highest BCUT2D eigenvalue weighted by atomic mass is 32.1. The van der Waals surface area contributed by atoms with Crippen LogP contribution in [0, 0.1) is 4.77 Å². The molecule has 0 radical (unpaired) electrons. The number of hydrogen-bond acceptors (Lipinski definition) is 3. The summed E-state index contributed by atoms with van der Waals surface area (Å²) in [6.07, 6.45) is 5.17. The lowest BCUT2D eigenvalue weighted by molar-refractivity contribution is -0.953. The number of nitrogens with zero attached hydrogens (tertiary/aromatic N) is 3. The van der Waals surface area contributed by atoms with E-state index in [1.165, 1.54) is 32.2 Å². The molecule has 1 aromatic carbocycles. The molecule has 1 aliphatic heterocycles. The highest BCUT2D eigenvalue weighted by molar-refractivity contribution is 7.71. The molecule has 1 aliphatic rings. The number of methoxy groups -OCH3 is 1. The van der Waals surface area contributed by atoms with E-state index in [0.717, 1.165) is 34.6 Å². The molecule has 2 atom stereocenters. The van der Waals surface area contributed by atoms with Crippen molar-refractivity contribution in [3.8, 4) is 17.1 Å². The van der Waals surface area contributed by atoms with Gasteiger partial charge in [-0.15, -0.1) is 5.10 Å². The molecule has 1 N–H and O–H groups in total. The van der Waals surface area contributed by atoms with E-state index in [1.807, 2.05) is 40.6 Å². The Morgan fingerprint density at radius 2 is 2.12 bits per heavy atom. The number of rotatable bonds is 5. The maximum Gasteiger partial charge on any atom is 0.202 e. The Labute approximate surface area is 148 Å². The largest absolute Gasteiger partial charge is 0.496 e. The molecular formula is C18H27N4OS+. The first-order chi connectivity index (χ1) is 11.7. The fourth-order valence-corrected chi connectivity index (χ4v) is 3.89. The van der Waals surface area contributed by atoms with E-state index < -0.39 is 0 Å². The third kappa shape index (κ3) is 3.26. The number of likely N-dealkylation sites (tertiary alicyclic amines) is 1. The van der Waals surface area contributed by atoms with Gasteiger partial charge in [0.25, 0.3) is 0 Å². The van der Waals surface area contributed by atoms with Crippen LogP contribution in [0.15, 0.2) is 24.3 Å². The van der Waals surface area contributed by atoms with E-state index in [4.69, 9.17) is 22.1 Å². The maximum absolute atomic E-state index is 5.65. The van der Waals surface area contributed by atoms with Gasteiger partial charge in [-0.2, -0.15) is 4.68 Å². The molecule has 1 fully saturated rings. The molecule has 0 saturated carbocycles. The van der Waals surface area contributed by atoms with Crippen molar-refractivity contribution in [3.63, 3.8) is 0 Å². The lowest BCUT2D eigenvalue weighted by Crippen LogP contribution is -3.15. The Morgan fingerprint density at radius 3 is 2.88 bits per heavy atom. The first kappa shape index (κ1) is 17.2. The maximum atomic E-state index is 5.65. The van der Waals surface area contributed by atoms with Gasteiger partial charge in [-0.25, -0.2) is 0 Å². The van der Waals surface area contributed by atoms with E-state index in [9.17, 15) is 0 Å². The average molecular weight is 348 g/mol. The lowest BCUT2D eigenvalue weighted by atomic mass is 10.0. The van der Waals surface area contributed by atoms with Crippen LogP contribution in [0.1, 0.15) is 32.6 Å². The summed E-state index contributed by atoms with van der Waals surface area (Å²) in [5.41, 5.74) is 0.980. The Kier molecular flexibility index (Phi) is 5.36. The number of aromatic nitrogens is 3. The molecule has 24 heavy (non-hydrogen) atoms. The lowest BCUT2D eigenvalue weighted by Gasteiger charge is -2.31. The number of ether oxygens (including phenoxy) is 1. The second-order valence-corrected chi connectivity index (χ2v) is 6.90. The predicted octanol–water partition coefficient (Wildman–Crippen LogP) is 2.43. The molecule has 1 saturated heterocycles. The summed E-state index contributed by atoms with van der Waals surface area (Å²) in [7, 11) is 3.67. The zero-order valence-corrected chi connectivity index (χ0v) is 15.6. The Hall–Kier alpha value is -1.66. The van der Waals surface area contributed by atoms with Crippen molar-refractivity contribution in [1.29, 1.82) is 0 Å². The van der Waals surface area contributed by atoms with Crippen LogP contribution in [-0.4, -0.2) is 34.0 Å². The van der Waals surface area contributed by atoms with Crippen molar-refractivity contribution >= 4 is 12.2 Å². The van der Waals surface area contributed by atoms with Crippen molar-refractivity contribution in [2.24, 2.45) is 7.05 Å². The minimum absolute atomic E-state index is 0.720. The van der Waals surface area contributed by atoms with Crippen molar-refractivity contribution in [2.75, 3.05) is 13.7 Å². The van der Waals surface area contributed by atoms with Crippen LogP contribution in [-0.2, 0) is 13.7 Å². The van der Waals surface area contributed by atoms with Gasteiger partial charge in [0.2, 0.25) is 4.77 Å². The summed E-state index contributed by atoms with van der Waals surface area (Å²) >= 11 is 5.65. The SMILES string of the molecule is CC[C@@H]1CCCC[NH+]1Cn1nc(-c2ccccc2OC)n(C)c1=S. The van der Waals surface area contributed by atoms with Crippen LogP contribution < -0.4 is 9.64 Å². The van der Waals surface area contributed by atoms with Crippen molar-refractivity contribution < 1.29 is 9.64 Å². The van der Waals surface area contributed by atoms with E-state index in [2.05, 4.69) is 6.92 Å². The predicted molar refractivity (Wildman–Crippen MR) is 97.8 cm³/mol. The number of quaternary nitrogens is 1. The number of nitrogens with one attached hydrogen (secondary N) is 1. The minimum atomic E-state index is 0.720. The second kappa shape index (κ2) is 7.49. The van der Waals surface area contributed by atoms with Gasteiger partial charge in [0.15, 0.2) is 12.5 Å². The first-order valence-electron chi connectivity index (χ1n) is 8.77. The van der Waals surface area contributed by atoms with E-state index in [0.29, 0.717) is 0 Å². The number of benzene rings is 1. The van der Waals surface area contributed by atoms with Gasteiger partial charge < -0.3 is 14.2 Å². The van der Waals surface area contributed by atoms with E-state index >= 15 is 0 Å². The number of para-hydroxylation sites is 1. The Balaban J connectivity index is 1.93. The van der Waals surface area contributed by atoms with Gasteiger partial charge in [0.05, 0.1) is 25.3 Å². The fraction of sp³-hybridized carbons (Fsp3) is 0.556. The van der Waals surface area contributed by atoms with Crippen LogP contribution in [0.4, 0.5) is 0 Å². The van der Waals surface area contributed by atoms with Crippen LogP contribution in [0.5, 0.6) is 5.75 Å². The van der Waals surface area contributed by atoms with Gasteiger partial charge in [0, 0.05) is 7.05 Å². The summed E-state index contributed by atoms with van der Waals surface area (Å²) in [5.74, 6) is 1.69. The number of piperidine rings is 1. The topological polar surface area (TPSA) is 36.4 Å². The normalized spacial score (nSPS) is 21.0. The molecule has 2 heterocycles. The zero-order chi connectivity index (χ0) is 17.1. The van der Waals surface area contributed by atoms with Crippen LogP contribution in [0.2, 0.25) is 0 Å². The van der Waals surface area contributed by atoms with Crippen molar-refractivity contribution in [1.82, 2.24) is 14.3 Å². The Morgan fingerprint density at radius 1 is 1.33 bits per heavy atom. The van der Waals surface area contributed by atoms with Gasteiger partial charge in [-0.1, -0.05) is 19.1 Å². The smallest absolute Gasteiger partial charge is 0.202 e. The highest BCUT2D eigenvalue weighted by Crippen LogP contribution is 2.27. The zero-order valence-electron chi connectivity index (χ0n) is 14.8. The summed E-state index contributed by atoms with van der Waals surface area (Å²) in [6.45, 7) is 4.34. The highest BCUT2D eigenvalue weighted by Gasteiger charge is 2.26. The first-order valence-corrected chi connectivity index (χ1v) is 9.18. The molecule has 2 aromatic rings. The average Bonchev–Trinajstić information content (AvgIpc) is 2.90. The quantitative estimate of drug-likeness (QED) is 0.844. The van der Waals surface area contributed by atoms with Crippen molar-refractivity contribution in [2.45, 2.75) is 45.3 Å². The third-order valence-corrected chi connectivity index (χ3v) is 5.60. The summed E-state index contributed by atoms with van der Waals surface area (Å²) < 4.78 is 10.2. The van der Waals surface area contributed by atoms with Crippen LogP contribution in [0.25, 0.3) is 11.4 Å². The monoisotopic (exact) mass is 347 g/mol. The molecular weight excluding hydrogens is 320 g/mol. The standard InChI is InChI=1S/C18H26N4OS/c1-4-14-9-7-8-12-21(14)13-22-18(24)20(2)17(19-22)15-10-5-6-11-16(15)23-3/h5-6,10-11,14H,4,7-9,12-13H2,1-3H3/p+1/t14-/m1/s1.